The molecule has 6 nitrogen and oxygen atoms in total. The largest absolute Gasteiger partial charge is 0.337 e. The highest BCUT2D eigenvalue weighted by atomic mass is 16.2. The number of fused-ring (bicyclic) bond motifs is 1. The molecule has 0 atom stereocenters. The van der Waals surface area contributed by atoms with E-state index < -0.39 is 0 Å². The molecular weight excluding hydrogens is 328 g/mol. The highest BCUT2D eigenvalue weighted by Gasteiger charge is 2.06. The van der Waals surface area contributed by atoms with Gasteiger partial charge in [-0.1, -0.05) is 12.1 Å². The van der Waals surface area contributed by atoms with Gasteiger partial charge < -0.3 is 15.2 Å². The van der Waals surface area contributed by atoms with Crippen molar-refractivity contribution in [3.63, 3.8) is 0 Å². The van der Waals surface area contributed by atoms with Crippen molar-refractivity contribution in [2.75, 3.05) is 11.9 Å². The molecule has 26 heavy (non-hydrogen) atoms. The molecule has 2 amide bonds. The predicted molar refractivity (Wildman–Crippen MR) is 104 cm³/mol. The van der Waals surface area contributed by atoms with Crippen LogP contribution in [-0.4, -0.2) is 22.1 Å². The zero-order chi connectivity index (χ0) is 18.7. The summed E-state index contributed by atoms with van der Waals surface area (Å²) in [6, 6.07) is 10.6. The van der Waals surface area contributed by atoms with Gasteiger partial charge in [0.2, 0.25) is 0 Å². The Bertz CT molecular complexity index is 1020. The zero-order valence-corrected chi connectivity index (χ0v) is 15.2. The number of hydrogen-bond donors (Lipinski definition) is 2. The average molecular weight is 350 g/mol. The highest BCUT2D eigenvalue weighted by Crippen LogP contribution is 2.17. The monoisotopic (exact) mass is 350 g/mol. The molecule has 0 saturated carbocycles. The van der Waals surface area contributed by atoms with Gasteiger partial charge in [0.1, 0.15) is 0 Å². The van der Waals surface area contributed by atoms with Crippen LogP contribution < -0.4 is 16.2 Å². The second kappa shape index (κ2) is 7.39. The van der Waals surface area contributed by atoms with Gasteiger partial charge in [0.15, 0.2) is 0 Å². The Morgan fingerprint density at radius 3 is 2.69 bits per heavy atom. The van der Waals surface area contributed by atoms with Crippen LogP contribution in [0.3, 0.4) is 0 Å². The van der Waals surface area contributed by atoms with Crippen molar-refractivity contribution in [1.82, 2.24) is 14.9 Å². The third-order valence-electron chi connectivity index (χ3n) is 4.36. The maximum absolute atomic E-state index is 12.1. The van der Waals surface area contributed by atoms with Gasteiger partial charge in [-0.05, 0) is 48.6 Å². The Labute approximate surface area is 151 Å². The smallest absolute Gasteiger partial charge is 0.319 e. The lowest BCUT2D eigenvalue weighted by atomic mass is 10.1. The minimum absolute atomic E-state index is 0.0833. The van der Waals surface area contributed by atoms with Crippen LogP contribution in [0.2, 0.25) is 0 Å². The molecule has 0 radical (unpaired) electrons. The van der Waals surface area contributed by atoms with Gasteiger partial charge in [0, 0.05) is 43.7 Å². The van der Waals surface area contributed by atoms with Crippen molar-refractivity contribution in [2.24, 2.45) is 7.05 Å². The number of amides is 2. The lowest BCUT2D eigenvalue weighted by Crippen LogP contribution is -2.30. The van der Waals surface area contributed by atoms with E-state index in [1.807, 2.05) is 32.2 Å². The summed E-state index contributed by atoms with van der Waals surface area (Å²) in [5, 5.41) is 6.59. The molecule has 0 unspecified atom stereocenters. The number of carbonyl (C=O) groups excluding carboxylic acids is 1. The van der Waals surface area contributed by atoms with Crippen LogP contribution >= 0.6 is 0 Å². The van der Waals surface area contributed by atoms with Gasteiger partial charge in [-0.25, -0.2) is 4.79 Å². The van der Waals surface area contributed by atoms with Crippen LogP contribution in [0.15, 0.2) is 47.4 Å². The van der Waals surface area contributed by atoms with Crippen LogP contribution in [-0.2, 0) is 13.5 Å². The number of nitrogens with zero attached hydrogens (tertiary/aromatic N) is 2. The van der Waals surface area contributed by atoms with Gasteiger partial charge in [-0.2, -0.15) is 0 Å². The second-order valence-corrected chi connectivity index (χ2v) is 6.41. The average Bonchev–Trinajstić information content (AvgIpc) is 2.60. The number of anilines is 1. The lowest BCUT2D eigenvalue weighted by Gasteiger charge is -2.10. The molecule has 2 aromatic heterocycles. The van der Waals surface area contributed by atoms with Crippen LogP contribution in [0.1, 0.15) is 16.8 Å². The number of aromatic nitrogens is 2. The number of aryl methyl sites for hydroxylation is 3. The van der Waals surface area contributed by atoms with E-state index in [4.69, 9.17) is 0 Å². The molecule has 0 aliphatic heterocycles. The molecule has 3 rings (SSSR count). The SMILES string of the molecule is Cc1cnc(CCNC(=O)Nc2ccc3ccc(=O)n(C)c3c2)c(C)c1. The number of benzene rings is 1. The second-order valence-electron chi connectivity index (χ2n) is 6.41. The van der Waals surface area contributed by atoms with E-state index in [0.717, 1.165) is 27.7 Å². The summed E-state index contributed by atoms with van der Waals surface area (Å²) in [5.74, 6) is 0. The standard InChI is InChI=1S/C20H22N4O2/c1-13-10-14(2)17(22-12-13)8-9-21-20(26)23-16-6-4-15-5-7-19(25)24(3)18(15)11-16/h4-7,10-12H,8-9H2,1-3H3,(H2,21,23,26). The van der Waals surface area contributed by atoms with Crippen molar-refractivity contribution in [3.05, 3.63) is 69.8 Å². The normalized spacial score (nSPS) is 10.7. The Kier molecular flexibility index (Phi) is 5.02. The van der Waals surface area contributed by atoms with Gasteiger partial charge in [-0.15, -0.1) is 0 Å². The highest BCUT2D eigenvalue weighted by molar-refractivity contribution is 5.92. The van der Waals surface area contributed by atoms with E-state index in [0.29, 0.717) is 18.7 Å². The molecule has 2 N–H and O–H groups in total. The number of hydrogen-bond acceptors (Lipinski definition) is 3. The topological polar surface area (TPSA) is 76.0 Å². The van der Waals surface area contributed by atoms with Gasteiger partial charge in [-0.3, -0.25) is 9.78 Å². The van der Waals surface area contributed by atoms with E-state index in [1.54, 1.807) is 23.7 Å². The number of rotatable bonds is 4. The summed E-state index contributed by atoms with van der Waals surface area (Å²) >= 11 is 0. The molecule has 1 aromatic carbocycles. The molecule has 134 valence electrons. The first-order chi connectivity index (χ1) is 12.4. The summed E-state index contributed by atoms with van der Waals surface area (Å²) in [6.07, 6.45) is 2.51. The van der Waals surface area contributed by atoms with E-state index >= 15 is 0 Å². The first kappa shape index (κ1) is 17.7. The van der Waals surface area contributed by atoms with Gasteiger partial charge in [0.05, 0.1) is 5.52 Å². The maximum atomic E-state index is 12.1. The van der Waals surface area contributed by atoms with Crippen molar-refractivity contribution in [3.8, 4) is 0 Å². The molecule has 0 bridgehead atoms. The van der Waals surface area contributed by atoms with Crippen LogP contribution in [0, 0.1) is 13.8 Å². The van der Waals surface area contributed by atoms with E-state index in [2.05, 4.69) is 21.7 Å². The first-order valence-electron chi connectivity index (χ1n) is 8.51. The third-order valence-corrected chi connectivity index (χ3v) is 4.36. The fraction of sp³-hybridized carbons (Fsp3) is 0.250. The van der Waals surface area contributed by atoms with Gasteiger partial charge in [0.25, 0.3) is 5.56 Å². The fourth-order valence-corrected chi connectivity index (χ4v) is 2.92. The zero-order valence-electron chi connectivity index (χ0n) is 15.2. The fourth-order valence-electron chi connectivity index (χ4n) is 2.92. The number of pyridine rings is 2. The number of nitrogens with one attached hydrogen (secondary N) is 2. The van der Waals surface area contributed by atoms with Crippen molar-refractivity contribution >= 4 is 22.6 Å². The van der Waals surface area contributed by atoms with E-state index in [9.17, 15) is 9.59 Å². The predicted octanol–water partition coefficient (Wildman–Crippen LogP) is 2.91. The van der Waals surface area contributed by atoms with Crippen LogP contribution in [0.5, 0.6) is 0 Å². The minimum atomic E-state index is -0.282. The van der Waals surface area contributed by atoms with Crippen molar-refractivity contribution < 1.29 is 4.79 Å². The Balaban J connectivity index is 1.62. The first-order valence-corrected chi connectivity index (χ1v) is 8.51. The molecule has 2 heterocycles. The molecule has 0 aliphatic rings. The summed E-state index contributed by atoms with van der Waals surface area (Å²) in [6.45, 7) is 4.53. The molecular formula is C20H22N4O2. The summed E-state index contributed by atoms with van der Waals surface area (Å²) in [5.41, 5.74) is 4.57. The Hall–Kier alpha value is -3.15. The lowest BCUT2D eigenvalue weighted by molar-refractivity contribution is 0.252. The molecule has 0 spiro atoms. The van der Waals surface area contributed by atoms with Crippen LogP contribution in [0.4, 0.5) is 10.5 Å². The number of carbonyl (C=O) groups is 1. The van der Waals surface area contributed by atoms with Crippen LogP contribution in [0.25, 0.3) is 10.9 Å². The van der Waals surface area contributed by atoms with Crippen molar-refractivity contribution in [1.29, 1.82) is 0 Å². The van der Waals surface area contributed by atoms with Gasteiger partial charge >= 0.3 is 6.03 Å². The molecule has 3 aromatic rings. The third kappa shape index (κ3) is 3.91. The summed E-state index contributed by atoms with van der Waals surface area (Å²) in [4.78, 5) is 28.3. The molecule has 0 fully saturated rings. The molecule has 6 heteroatoms. The summed E-state index contributed by atoms with van der Waals surface area (Å²) < 4.78 is 1.56. The Morgan fingerprint density at radius 2 is 1.92 bits per heavy atom. The molecule has 0 saturated heterocycles. The molecule has 0 aliphatic carbocycles. The van der Waals surface area contributed by atoms with Crippen molar-refractivity contribution in [2.45, 2.75) is 20.3 Å². The van der Waals surface area contributed by atoms with E-state index in [1.165, 1.54) is 6.07 Å². The summed E-state index contributed by atoms with van der Waals surface area (Å²) in [7, 11) is 1.71. The maximum Gasteiger partial charge on any atom is 0.319 e. The van der Waals surface area contributed by atoms with E-state index in [-0.39, 0.29) is 11.6 Å². The number of urea groups is 1. The Morgan fingerprint density at radius 1 is 1.15 bits per heavy atom. The quantitative estimate of drug-likeness (QED) is 0.760. The minimum Gasteiger partial charge on any atom is -0.337 e.